The van der Waals surface area contributed by atoms with Crippen molar-refractivity contribution in [3.8, 4) is 0 Å². The van der Waals surface area contributed by atoms with Crippen molar-refractivity contribution in [2.45, 2.75) is 12.6 Å². The highest BCUT2D eigenvalue weighted by atomic mass is 35.5. The number of hydrogen-bond acceptors (Lipinski definition) is 6. The molecule has 0 saturated heterocycles. The number of ether oxygens (including phenoxy) is 1. The van der Waals surface area contributed by atoms with E-state index in [0.717, 1.165) is 0 Å². The van der Waals surface area contributed by atoms with E-state index >= 15 is 0 Å². The molecule has 1 aliphatic rings. The molecule has 0 radical (unpaired) electrons. The number of nitrogen functional groups attached to an aromatic ring is 1. The van der Waals surface area contributed by atoms with Gasteiger partial charge in [-0.05, 0) is 31.2 Å². The zero-order chi connectivity index (χ0) is 18.2. The molecule has 7 nitrogen and oxygen atoms in total. The average molecular weight is 362 g/mol. The first-order chi connectivity index (χ1) is 11.8. The number of carbonyl (C=O) groups excluding carboxylic acids is 2. The Hall–Kier alpha value is -2.93. The van der Waals surface area contributed by atoms with Crippen molar-refractivity contribution < 1.29 is 18.7 Å². The molecule has 1 amide bonds. The molecule has 130 valence electrons. The summed E-state index contributed by atoms with van der Waals surface area (Å²) in [7, 11) is 1.27. The maximum Gasteiger partial charge on any atom is 0.338 e. The molecular weight excluding hydrogens is 346 g/mol. The van der Waals surface area contributed by atoms with Gasteiger partial charge in [-0.1, -0.05) is 17.7 Å². The predicted molar refractivity (Wildman–Crippen MR) is 94.0 cm³/mol. The zero-order valence-electron chi connectivity index (χ0n) is 13.6. The number of anilines is 1. The summed E-state index contributed by atoms with van der Waals surface area (Å²) in [5, 5.41) is 6.59. The van der Waals surface area contributed by atoms with E-state index in [2.05, 4.69) is 10.6 Å². The zero-order valence-corrected chi connectivity index (χ0v) is 14.3. The number of hydrogen-bond donors (Lipinski definition) is 3. The van der Waals surface area contributed by atoms with Gasteiger partial charge in [-0.3, -0.25) is 4.79 Å². The number of benzene rings is 1. The fourth-order valence-corrected chi connectivity index (χ4v) is 2.67. The maximum absolute atomic E-state index is 12.6. The Morgan fingerprint density at radius 2 is 2.16 bits per heavy atom. The van der Waals surface area contributed by atoms with E-state index in [1.54, 1.807) is 43.5 Å². The molecular formula is C17H16ClN3O4. The minimum atomic E-state index is -0.855. The molecule has 0 bridgehead atoms. The maximum atomic E-state index is 12.6. The highest BCUT2D eigenvalue weighted by Gasteiger charge is 2.29. The largest absolute Gasteiger partial charge is 0.465 e. The van der Waals surface area contributed by atoms with Gasteiger partial charge >= 0.3 is 5.97 Å². The minimum absolute atomic E-state index is 0.0745. The highest BCUT2D eigenvalue weighted by molar-refractivity contribution is 6.31. The van der Waals surface area contributed by atoms with Crippen LogP contribution in [-0.2, 0) is 4.74 Å². The number of nitrogens with two attached hydrogens (primary N) is 1. The Balaban J connectivity index is 1.97. The molecule has 1 aromatic heterocycles. The molecule has 3 rings (SSSR count). The number of allylic oxidation sites excluding steroid dienone is 2. The Bertz CT molecular complexity index is 931. The van der Waals surface area contributed by atoms with Gasteiger partial charge in [0.25, 0.3) is 5.91 Å². The molecule has 4 N–H and O–H groups in total. The third-order valence-electron chi connectivity index (χ3n) is 3.82. The van der Waals surface area contributed by atoms with Crippen LogP contribution in [0.2, 0.25) is 0 Å². The first-order valence-corrected chi connectivity index (χ1v) is 7.77. The molecule has 2 aromatic rings. The Morgan fingerprint density at radius 3 is 2.80 bits per heavy atom. The van der Waals surface area contributed by atoms with Gasteiger partial charge in [0.15, 0.2) is 0 Å². The van der Waals surface area contributed by atoms with E-state index in [1.165, 1.54) is 7.11 Å². The number of carbonyl (C=O) groups is 2. The topological polar surface area (TPSA) is 107 Å². The van der Waals surface area contributed by atoms with Gasteiger partial charge in [0.1, 0.15) is 11.2 Å². The second kappa shape index (κ2) is 6.18. The molecule has 0 aliphatic carbocycles. The van der Waals surface area contributed by atoms with E-state index in [0.29, 0.717) is 16.0 Å². The van der Waals surface area contributed by atoms with E-state index < -0.39 is 17.5 Å². The summed E-state index contributed by atoms with van der Waals surface area (Å²) >= 11 is 5.85. The molecule has 1 atom stereocenters. The monoisotopic (exact) mass is 361 g/mol. The minimum Gasteiger partial charge on any atom is -0.465 e. The van der Waals surface area contributed by atoms with Gasteiger partial charge in [-0.15, -0.1) is 0 Å². The summed E-state index contributed by atoms with van der Waals surface area (Å²) in [5.41, 5.74) is 5.85. The fraction of sp³-hybridized carbons (Fsp3) is 0.176. The SMILES string of the molecule is COC(=O)c1cccc2oc(C(=O)NC3(C)C=CC(Cl)=CN3)c(N)c12. The van der Waals surface area contributed by atoms with Crippen molar-refractivity contribution >= 4 is 40.1 Å². The van der Waals surface area contributed by atoms with E-state index in [9.17, 15) is 9.59 Å². The quantitative estimate of drug-likeness (QED) is 0.725. The lowest BCUT2D eigenvalue weighted by molar-refractivity contribution is 0.0602. The van der Waals surface area contributed by atoms with Gasteiger partial charge in [-0.2, -0.15) is 0 Å². The molecule has 0 spiro atoms. The second-order valence-electron chi connectivity index (χ2n) is 5.68. The average Bonchev–Trinajstić information content (AvgIpc) is 2.94. The molecule has 8 heteroatoms. The van der Waals surface area contributed by atoms with Crippen molar-refractivity contribution in [3.05, 3.63) is 52.9 Å². The van der Waals surface area contributed by atoms with Gasteiger partial charge < -0.3 is 25.5 Å². The van der Waals surface area contributed by atoms with Crippen LogP contribution < -0.4 is 16.4 Å². The number of methoxy groups -OCH3 is 1. The summed E-state index contributed by atoms with van der Waals surface area (Å²) in [6, 6.07) is 4.80. The summed E-state index contributed by atoms with van der Waals surface area (Å²) in [5.74, 6) is -1.17. The van der Waals surface area contributed by atoms with Crippen LogP contribution in [0.4, 0.5) is 5.69 Å². The van der Waals surface area contributed by atoms with E-state index in [-0.39, 0.29) is 17.0 Å². The second-order valence-corrected chi connectivity index (χ2v) is 6.11. The van der Waals surface area contributed by atoms with Crippen LogP contribution in [0.3, 0.4) is 0 Å². The van der Waals surface area contributed by atoms with Crippen LogP contribution in [0, 0.1) is 0 Å². The molecule has 25 heavy (non-hydrogen) atoms. The lowest BCUT2D eigenvalue weighted by Crippen LogP contribution is -2.54. The van der Waals surface area contributed by atoms with Crippen molar-refractivity contribution in [1.29, 1.82) is 0 Å². The highest BCUT2D eigenvalue weighted by Crippen LogP contribution is 2.32. The normalized spacial score (nSPS) is 19.2. The summed E-state index contributed by atoms with van der Waals surface area (Å²) in [4.78, 5) is 24.5. The lowest BCUT2D eigenvalue weighted by Gasteiger charge is -2.30. The number of nitrogens with one attached hydrogen (secondary N) is 2. The number of amides is 1. The number of dihydropyridines is 1. The molecule has 2 heterocycles. The van der Waals surface area contributed by atoms with Crippen molar-refractivity contribution in [1.82, 2.24) is 10.6 Å². The Kier molecular flexibility index (Phi) is 4.18. The number of rotatable bonds is 3. The first-order valence-electron chi connectivity index (χ1n) is 7.39. The van der Waals surface area contributed by atoms with E-state index in [1.807, 2.05) is 0 Å². The van der Waals surface area contributed by atoms with Gasteiger partial charge in [-0.25, -0.2) is 4.79 Å². The molecule has 1 unspecified atom stereocenters. The van der Waals surface area contributed by atoms with Gasteiger partial charge in [0.05, 0.1) is 28.8 Å². The van der Waals surface area contributed by atoms with Crippen LogP contribution in [0.1, 0.15) is 27.8 Å². The molecule has 1 aromatic carbocycles. The Morgan fingerprint density at radius 1 is 1.40 bits per heavy atom. The number of esters is 1. The third kappa shape index (κ3) is 3.06. The Labute approximate surface area is 148 Å². The summed E-state index contributed by atoms with van der Waals surface area (Å²) in [6.07, 6.45) is 4.93. The van der Waals surface area contributed by atoms with Crippen molar-refractivity contribution in [2.75, 3.05) is 12.8 Å². The molecule has 1 aliphatic heterocycles. The fourth-order valence-electron chi connectivity index (χ4n) is 2.55. The standard InChI is InChI=1S/C17H16ClN3O4/c1-17(7-6-9(18)8-20-17)21-15(22)14-13(19)12-10(16(23)24-2)4-3-5-11(12)25-14/h3-8,20H,19H2,1-2H3,(H,21,22). The van der Waals surface area contributed by atoms with Crippen molar-refractivity contribution in [3.63, 3.8) is 0 Å². The van der Waals surface area contributed by atoms with Crippen LogP contribution >= 0.6 is 11.6 Å². The third-order valence-corrected chi connectivity index (χ3v) is 4.06. The lowest BCUT2D eigenvalue weighted by atomic mass is 10.1. The summed E-state index contributed by atoms with van der Waals surface area (Å²) in [6.45, 7) is 1.75. The first kappa shape index (κ1) is 16.9. The van der Waals surface area contributed by atoms with Crippen LogP contribution in [-0.4, -0.2) is 24.6 Å². The van der Waals surface area contributed by atoms with Crippen molar-refractivity contribution in [2.24, 2.45) is 0 Å². The summed E-state index contributed by atoms with van der Waals surface area (Å²) < 4.78 is 10.3. The van der Waals surface area contributed by atoms with Crippen LogP contribution in [0.15, 0.2) is 46.0 Å². The van der Waals surface area contributed by atoms with Crippen LogP contribution in [0.5, 0.6) is 0 Å². The number of fused-ring (bicyclic) bond motifs is 1. The van der Waals surface area contributed by atoms with E-state index in [4.69, 9.17) is 26.5 Å². The molecule has 0 fully saturated rings. The van der Waals surface area contributed by atoms with Gasteiger partial charge in [0, 0.05) is 6.20 Å². The predicted octanol–water partition coefficient (Wildman–Crippen LogP) is 2.49. The smallest absolute Gasteiger partial charge is 0.338 e. The molecule has 0 saturated carbocycles. The van der Waals surface area contributed by atoms with Gasteiger partial charge in [0.2, 0.25) is 5.76 Å². The number of halogens is 1. The number of furan rings is 1. The van der Waals surface area contributed by atoms with Crippen LogP contribution in [0.25, 0.3) is 11.0 Å².